The van der Waals surface area contributed by atoms with Gasteiger partial charge in [0.15, 0.2) is 17.0 Å². The summed E-state index contributed by atoms with van der Waals surface area (Å²) in [6.07, 6.45) is 4.59. The Morgan fingerprint density at radius 2 is 2.15 bits per heavy atom. The van der Waals surface area contributed by atoms with E-state index in [1.807, 2.05) is 4.68 Å². The molecule has 0 radical (unpaired) electrons. The molecule has 1 aliphatic heterocycles. The summed E-state index contributed by atoms with van der Waals surface area (Å²) in [6, 6.07) is 0. The predicted octanol–water partition coefficient (Wildman–Crippen LogP) is 1.11. The van der Waals surface area contributed by atoms with Gasteiger partial charge in [0, 0.05) is 18.4 Å². The number of hydrogen-bond acceptors (Lipinski definition) is 6. The maximum Gasteiger partial charge on any atom is 0.184 e. The summed E-state index contributed by atoms with van der Waals surface area (Å²) in [5.74, 6) is 2.25. The molecule has 2 N–H and O–H groups in total. The normalized spacial score (nSPS) is 23.3. The predicted molar refractivity (Wildman–Crippen MR) is 73.0 cm³/mol. The Balaban J connectivity index is 1.67. The van der Waals surface area contributed by atoms with E-state index in [2.05, 4.69) is 20.3 Å². The third-order valence-corrected chi connectivity index (χ3v) is 4.04. The first-order chi connectivity index (χ1) is 9.81. The Morgan fingerprint density at radius 3 is 2.90 bits per heavy atom. The largest absolute Gasteiger partial charge is 0.382 e. The first-order valence-electron chi connectivity index (χ1n) is 7.25. The van der Waals surface area contributed by atoms with Gasteiger partial charge in [-0.25, -0.2) is 14.6 Å². The number of rotatable bonds is 3. The minimum Gasteiger partial charge on any atom is -0.382 e. The minimum atomic E-state index is 0.447. The van der Waals surface area contributed by atoms with Crippen LogP contribution in [0.15, 0.2) is 0 Å². The van der Waals surface area contributed by atoms with Crippen molar-refractivity contribution in [3.05, 3.63) is 5.82 Å². The highest BCUT2D eigenvalue weighted by Crippen LogP contribution is 2.38. The SMILES string of the molecule is Nc1nc(C2CC2)nc2c1nnn2CC1CCCOC1. The molecule has 7 heteroatoms. The molecule has 20 heavy (non-hydrogen) atoms. The molecule has 0 amide bonds. The van der Waals surface area contributed by atoms with Crippen molar-refractivity contribution in [2.75, 3.05) is 18.9 Å². The topological polar surface area (TPSA) is 91.7 Å². The number of anilines is 1. The first-order valence-corrected chi connectivity index (χ1v) is 7.25. The molecule has 1 unspecified atom stereocenters. The number of ether oxygens (including phenoxy) is 1. The van der Waals surface area contributed by atoms with Crippen LogP contribution in [0.1, 0.15) is 37.4 Å². The van der Waals surface area contributed by atoms with Gasteiger partial charge < -0.3 is 10.5 Å². The van der Waals surface area contributed by atoms with Crippen molar-refractivity contribution < 1.29 is 4.74 Å². The molecule has 7 nitrogen and oxygen atoms in total. The lowest BCUT2D eigenvalue weighted by Gasteiger charge is -2.21. The van der Waals surface area contributed by atoms with E-state index >= 15 is 0 Å². The van der Waals surface area contributed by atoms with Crippen LogP contribution >= 0.6 is 0 Å². The van der Waals surface area contributed by atoms with E-state index in [1.54, 1.807) is 0 Å². The molecule has 2 fully saturated rings. The van der Waals surface area contributed by atoms with E-state index in [0.717, 1.165) is 56.9 Å². The van der Waals surface area contributed by atoms with Crippen LogP contribution in [0.2, 0.25) is 0 Å². The standard InChI is InChI=1S/C13H18N6O/c14-11-10-13(16-12(15-11)9-3-4-9)19(18-17-10)6-8-2-1-5-20-7-8/h8-9H,1-7H2,(H2,14,15,16). The third-order valence-electron chi connectivity index (χ3n) is 4.04. The highest BCUT2D eigenvalue weighted by Gasteiger charge is 2.28. The molecular weight excluding hydrogens is 256 g/mol. The van der Waals surface area contributed by atoms with Crippen molar-refractivity contribution in [3.8, 4) is 0 Å². The lowest BCUT2D eigenvalue weighted by molar-refractivity contribution is 0.0472. The Kier molecular flexibility index (Phi) is 2.80. The van der Waals surface area contributed by atoms with Crippen LogP contribution in [0.4, 0.5) is 5.82 Å². The van der Waals surface area contributed by atoms with Crippen LogP contribution in [0.3, 0.4) is 0 Å². The molecule has 1 aliphatic carbocycles. The van der Waals surface area contributed by atoms with E-state index in [4.69, 9.17) is 10.5 Å². The molecule has 1 atom stereocenters. The summed E-state index contributed by atoms with van der Waals surface area (Å²) in [7, 11) is 0. The van der Waals surface area contributed by atoms with Gasteiger partial charge >= 0.3 is 0 Å². The van der Waals surface area contributed by atoms with Crippen LogP contribution in [0.25, 0.3) is 11.2 Å². The minimum absolute atomic E-state index is 0.447. The van der Waals surface area contributed by atoms with Crippen LogP contribution < -0.4 is 5.73 Å². The van der Waals surface area contributed by atoms with E-state index in [0.29, 0.717) is 23.2 Å². The zero-order valence-corrected chi connectivity index (χ0v) is 11.3. The summed E-state index contributed by atoms with van der Waals surface area (Å²) in [5, 5.41) is 8.33. The van der Waals surface area contributed by atoms with Gasteiger partial charge in [-0.2, -0.15) is 0 Å². The van der Waals surface area contributed by atoms with Gasteiger partial charge in [0.05, 0.1) is 13.2 Å². The van der Waals surface area contributed by atoms with Gasteiger partial charge in [0.1, 0.15) is 5.82 Å². The molecule has 2 aromatic heterocycles. The fourth-order valence-corrected chi connectivity index (χ4v) is 2.74. The monoisotopic (exact) mass is 274 g/mol. The molecular formula is C13H18N6O. The highest BCUT2D eigenvalue weighted by atomic mass is 16.5. The number of nitrogens with zero attached hydrogens (tertiary/aromatic N) is 5. The second kappa shape index (κ2) is 4.66. The molecule has 1 saturated carbocycles. The second-order valence-electron chi connectivity index (χ2n) is 5.77. The Bertz CT molecular complexity index is 629. The van der Waals surface area contributed by atoms with E-state index in [1.165, 1.54) is 0 Å². The Hall–Kier alpha value is -1.76. The summed E-state index contributed by atoms with van der Waals surface area (Å²) in [5.41, 5.74) is 7.36. The molecule has 0 bridgehead atoms. The van der Waals surface area contributed by atoms with Gasteiger partial charge in [0.25, 0.3) is 0 Å². The average molecular weight is 274 g/mol. The fourth-order valence-electron chi connectivity index (χ4n) is 2.74. The molecule has 2 aliphatic rings. The van der Waals surface area contributed by atoms with Crippen molar-refractivity contribution in [1.29, 1.82) is 0 Å². The molecule has 106 valence electrons. The molecule has 0 spiro atoms. The highest BCUT2D eigenvalue weighted by molar-refractivity contribution is 5.80. The van der Waals surface area contributed by atoms with Crippen LogP contribution in [-0.4, -0.2) is 38.2 Å². The fraction of sp³-hybridized carbons (Fsp3) is 0.692. The summed E-state index contributed by atoms with van der Waals surface area (Å²) in [4.78, 5) is 8.98. The zero-order chi connectivity index (χ0) is 13.5. The summed E-state index contributed by atoms with van der Waals surface area (Å²) < 4.78 is 7.38. The van der Waals surface area contributed by atoms with Gasteiger partial charge in [-0.1, -0.05) is 5.21 Å². The molecule has 1 saturated heterocycles. The Labute approximate surface area is 116 Å². The lowest BCUT2D eigenvalue weighted by atomic mass is 10.0. The van der Waals surface area contributed by atoms with Crippen LogP contribution in [-0.2, 0) is 11.3 Å². The summed E-state index contributed by atoms with van der Waals surface area (Å²) in [6.45, 7) is 2.45. The van der Waals surface area contributed by atoms with Crippen molar-refractivity contribution in [2.45, 2.75) is 38.1 Å². The molecule has 4 rings (SSSR count). The average Bonchev–Trinajstić information content (AvgIpc) is 3.24. The van der Waals surface area contributed by atoms with Crippen molar-refractivity contribution >= 4 is 17.0 Å². The first kappa shape index (κ1) is 12.0. The molecule has 0 aromatic carbocycles. The quantitative estimate of drug-likeness (QED) is 0.901. The number of aromatic nitrogens is 5. The van der Waals surface area contributed by atoms with Gasteiger partial charge in [0.2, 0.25) is 0 Å². The second-order valence-corrected chi connectivity index (χ2v) is 5.77. The molecule has 3 heterocycles. The Morgan fingerprint density at radius 1 is 1.25 bits per heavy atom. The maximum absolute atomic E-state index is 5.98. The van der Waals surface area contributed by atoms with Crippen LogP contribution in [0.5, 0.6) is 0 Å². The number of nitrogens with two attached hydrogens (primary N) is 1. The smallest absolute Gasteiger partial charge is 0.184 e. The van der Waals surface area contributed by atoms with Crippen molar-refractivity contribution in [3.63, 3.8) is 0 Å². The maximum atomic E-state index is 5.98. The summed E-state index contributed by atoms with van der Waals surface area (Å²) >= 11 is 0. The van der Waals surface area contributed by atoms with E-state index < -0.39 is 0 Å². The van der Waals surface area contributed by atoms with Gasteiger partial charge in [-0.15, -0.1) is 5.10 Å². The van der Waals surface area contributed by atoms with E-state index in [-0.39, 0.29) is 0 Å². The molecule has 2 aromatic rings. The lowest BCUT2D eigenvalue weighted by Crippen LogP contribution is -2.22. The van der Waals surface area contributed by atoms with Gasteiger partial charge in [-0.05, 0) is 25.7 Å². The number of fused-ring (bicyclic) bond motifs is 1. The number of hydrogen-bond donors (Lipinski definition) is 1. The van der Waals surface area contributed by atoms with Crippen LogP contribution in [0, 0.1) is 5.92 Å². The zero-order valence-electron chi connectivity index (χ0n) is 11.3. The van der Waals surface area contributed by atoms with Crippen molar-refractivity contribution in [2.24, 2.45) is 5.92 Å². The number of nitrogen functional groups attached to an aromatic ring is 1. The van der Waals surface area contributed by atoms with Crippen molar-refractivity contribution in [1.82, 2.24) is 25.0 Å². The third kappa shape index (κ3) is 2.11. The van der Waals surface area contributed by atoms with Gasteiger partial charge in [-0.3, -0.25) is 0 Å². The van der Waals surface area contributed by atoms with E-state index in [9.17, 15) is 0 Å².